The van der Waals surface area contributed by atoms with Gasteiger partial charge >= 0.3 is 0 Å². The molecule has 0 heterocycles. The van der Waals surface area contributed by atoms with Crippen LogP contribution in [0.1, 0.15) is 18.4 Å². The third-order valence-corrected chi connectivity index (χ3v) is 2.46. The molecule has 96 valence electrons. The summed E-state index contributed by atoms with van der Waals surface area (Å²) in [4.78, 5) is 0. The Kier molecular flexibility index (Phi) is 6.43. The Hall–Kier alpha value is -1.26. The summed E-state index contributed by atoms with van der Waals surface area (Å²) in [5.74, 6) is 1.50. The van der Waals surface area contributed by atoms with Crippen LogP contribution in [0.2, 0.25) is 0 Å². The Balaban J connectivity index is 2.46. The van der Waals surface area contributed by atoms with Gasteiger partial charge < -0.3 is 19.9 Å². The molecule has 0 radical (unpaired) electrons. The Morgan fingerprint density at radius 3 is 2.47 bits per heavy atom. The highest BCUT2D eigenvalue weighted by Crippen LogP contribution is 2.28. The highest BCUT2D eigenvalue weighted by molar-refractivity contribution is 5.42. The highest BCUT2D eigenvalue weighted by atomic mass is 16.5. The number of nitrogens with two attached hydrogens (primary N) is 1. The van der Waals surface area contributed by atoms with Gasteiger partial charge in [-0.1, -0.05) is 6.07 Å². The van der Waals surface area contributed by atoms with Crippen LogP contribution in [0.4, 0.5) is 0 Å². The van der Waals surface area contributed by atoms with E-state index in [9.17, 15) is 0 Å². The molecule has 4 heteroatoms. The Morgan fingerprint density at radius 1 is 1.06 bits per heavy atom. The zero-order valence-corrected chi connectivity index (χ0v) is 10.6. The first-order valence-electron chi connectivity index (χ1n) is 5.80. The van der Waals surface area contributed by atoms with Crippen LogP contribution in [0.3, 0.4) is 0 Å². The van der Waals surface area contributed by atoms with Gasteiger partial charge in [0.25, 0.3) is 0 Å². The van der Waals surface area contributed by atoms with E-state index < -0.39 is 0 Å². The average Bonchev–Trinajstić information content (AvgIpc) is 2.38. The minimum atomic E-state index is 0.504. The molecule has 0 unspecified atom stereocenters. The number of hydrogen-bond donors (Lipinski definition) is 1. The van der Waals surface area contributed by atoms with Gasteiger partial charge in [0.1, 0.15) is 0 Å². The summed E-state index contributed by atoms with van der Waals surface area (Å²) in [6.45, 7) is 1.94. The lowest BCUT2D eigenvalue weighted by molar-refractivity contribution is 0.183. The maximum atomic E-state index is 5.65. The molecule has 2 N–H and O–H groups in total. The summed E-state index contributed by atoms with van der Waals surface area (Å²) in [7, 11) is 3.34. The van der Waals surface area contributed by atoms with Crippen LogP contribution in [0.5, 0.6) is 11.5 Å². The van der Waals surface area contributed by atoms with E-state index in [1.165, 1.54) is 0 Å². The molecular weight excluding hydrogens is 218 g/mol. The molecule has 0 aliphatic heterocycles. The summed E-state index contributed by atoms with van der Waals surface area (Å²) in [5.41, 5.74) is 6.60. The van der Waals surface area contributed by atoms with Crippen molar-refractivity contribution < 1.29 is 14.2 Å². The van der Waals surface area contributed by atoms with E-state index in [4.69, 9.17) is 19.9 Å². The average molecular weight is 239 g/mol. The van der Waals surface area contributed by atoms with Crippen molar-refractivity contribution in [1.29, 1.82) is 0 Å². The third kappa shape index (κ3) is 4.63. The second-order valence-corrected chi connectivity index (χ2v) is 3.74. The summed E-state index contributed by atoms with van der Waals surface area (Å²) >= 11 is 0. The first kappa shape index (κ1) is 13.8. The van der Waals surface area contributed by atoms with E-state index in [1.54, 1.807) is 14.2 Å². The van der Waals surface area contributed by atoms with Crippen LogP contribution in [0, 0.1) is 0 Å². The number of rotatable bonds is 8. The van der Waals surface area contributed by atoms with Crippen molar-refractivity contribution in [3.8, 4) is 11.5 Å². The van der Waals surface area contributed by atoms with Crippen molar-refractivity contribution >= 4 is 0 Å². The second kappa shape index (κ2) is 7.92. The molecule has 1 aromatic rings. The fourth-order valence-corrected chi connectivity index (χ4v) is 1.49. The van der Waals surface area contributed by atoms with Gasteiger partial charge in [-0.25, -0.2) is 0 Å². The minimum absolute atomic E-state index is 0.504. The van der Waals surface area contributed by atoms with E-state index in [1.807, 2.05) is 18.2 Å². The van der Waals surface area contributed by atoms with Gasteiger partial charge in [-0.2, -0.15) is 0 Å². The molecule has 4 nitrogen and oxygen atoms in total. The molecule has 0 saturated carbocycles. The van der Waals surface area contributed by atoms with Crippen molar-refractivity contribution in [3.05, 3.63) is 23.8 Å². The van der Waals surface area contributed by atoms with Crippen molar-refractivity contribution in [3.63, 3.8) is 0 Å². The third-order valence-electron chi connectivity index (χ3n) is 2.46. The quantitative estimate of drug-likeness (QED) is 0.705. The van der Waals surface area contributed by atoms with Crippen LogP contribution < -0.4 is 15.2 Å². The van der Waals surface area contributed by atoms with Crippen molar-refractivity contribution in [2.24, 2.45) is 5.73 Å². The Bertz CT molecular complexity index is 328. The molecule has 0 amide bonds. The highest BCUT2D eigenvalue weighted by Gasteiger charge is 2.04. The Labute approximate surface area is 103 Å². The second-order valence-electron chi connectivity index (χ2n) is 3.74. The molecule has 0 fully saturated rings. The van der Waals surface area contributed by atoms with Crippen molar-refractivity contribution in [1.82, 2.24) is 0 Å². The number of hydrogen-bond acceptors (Lipinski definition) is 4. The lowest BCUT2D eigenvalue weighted by Crippen LogP contribution is -2.02. The Morgan fingerprint density at radius 2 is 1.82 bits per heavy atom. The smallest absolute Gasteiger partial charge is 0.161 e. The van der Waals surface area contributed by atoms with Gasteiger partial charge in [0.15, 0.2) is 11.5 Å². The minimum Gasteiger partial charge on any atom is -0.493 e. The summed E-state index contributed by atoms with van der Waals surface area (Å²) in [6.07, 6.45) is 1.97. The van der Waals surface area contributed by atoms with E-state index in [2.05, 4.69) is 0 Å². The van der Waals surface area contributed by atoms with Crippen LogP contribution in [0.25, 0.3) is 0 Å². The molecule has 0 aliphatic rings. The van der Waals surface area contributed by atoms with Gasteiger partial charge in [-0.3, -0.25) is 0 Å². The van der Waals surface area contributed by atoms with E-state index in [0.717, 1.165) is 36.5 Å². The van der Waals surface area contributed by atoms with Crippen LogP contribution in [-0.4, -0.2) is 27.4 Å². The fraction of sp³-hybridized carbons (Fsp3) is 0.538. The summed E-state index contributed by atoms with van der Waals surface area (Å²) in [6, 6.07) is 5.76. The molecule has 0 saturated heterocycles. The number of ether oxygens (including phenoxy) is 3. The van der Waals surface area contributed by atoms with Crippen LogP contribution in [-0.2, 0) is 11.3 Å². The monoisotopic (exact) mass is 239 g/mol. The number of unbranched alkanes of at least 4 members (excludes halogenated alkanes) is 1. The molecule has 17 heavy (non-hydrogen) atoms. The molecule has 0 bridgehead atoms. The fourth-order valence-electron chi connectivity index (χ4n) is 1.49. The molecule has 1 aromatic carbocycles. The summed E-state index contributed by atoms with van der Waals surface area (Å²) < 4.78 is 15.9. The molecule has 0 spiro atoms. The van der Waals surface area contributed by atoms with Gasteiger partial charge in [-0.15, -0.1) is 0 Å². The first-order chi connectivity index (χ1) is 8.31. The normalized spacial score (nSPS) is 10.3. The van der Waals surface area contributed by atoms with Crippen LogP contribution >= 0.6 is 0 Å². The zero-order valence-electron chi connectivity index (χ0n) is 10.6. The van der Waals surface area contributed by atoms with Crippen molar-refractivity contribution in [2.45, 2.75) is 19.4 Å². The molecular formula is C13H21NO3. The molecule has 0 aromatic heterocycles. The van der Waals surface area contributed by atoms with Crippen LogP contribution in [0.15, 0.2) is 18.2 Å². The van der Waals surface area contributed by atoms with Gasteiger partial charge in [0, 0.05) is 20.3 Å². The molecule has 1 rings (SSSR count). The van der Waals surface area contributed by atoms with E-state index in [0.29, 0.717) is 13.2 Å². The summed E-state index contributed by atoms with van der Waals surface area (Å²) in [5, 5.41) is 0. The topological polar surface area (TPSA) is 53.7 Å². The SMILES string of the molecule is COCCCCOc1ccc(CN)cc1OC. The van der Waals surface area contributed by atoms with Gasteiger partial charge in [-0.05, 0) is 30.5 Å². The van der Waals surface area contributed by atoms with E-state index in [-0.39, 0.29) is 0 Å². The first-order valence-corrected chi connectivity index (χ1v) is 5.80. The molecule has 0 atom stereocenters. The predicted octanol–water partition coefficient (Wildman–Crippen LogP) is 1.96. The standard InChI is InChI=1S/C13H21NO3/c1-15-7-3-4-8-17-12-6-5-11(10-14)9-13(12)16-2/h5-6,9H,3-4,7-8,10,14H2,1-2H3. The lowest BCUT2D eigenvalue weighted by Gasteiger charge is -2.11. The number of methoxy groups -OCH3 is 2. The largest absolute Gasteiger partial charge is 0.493 e. The predicted molar refractivity (Wildman–Crippen MR) is 67.5 cm³/mol. The van der Waals surface area contributed by atoms with Gasteiger partial charge in [0.05, 0.1) is 13.7 Å². The van der Waals surface area contributed by atoms with E-state index >= 15 is 0 Å². The van der Waals surface area contributed by atoms with Crippen molar-refractivity contribution in [2.75, 3.05) is 27.4 Å². The maximum absolute atomic E-state index is 5.65. The molecule has 0 aliphatic carbocycles. The number of benzene rings is 1. The lowest BCUT2D eigenvalue weighted by atomic mass is 10.2. The van der Waals surface area contributed by atoms with Gasteiger partial charge in [0.2, 0.25) is 0 Å². The maximum Gasteiger partial charge on any atom is 0.161 e. The zero-order chi connectivity index (χ0) is 12.5.